The number of nitrogens with zero attached hydrogens (tertiary/aromatic N) is 6. The van der Waals surface area contributed by atoms with E-state index in [0.29, 0.717) is 18.9 Å². The van der Waals surface area contributed by atoms with Crippen LogP contribution in [0.1, 0.15) is 12.8 Å². The molecular formula is C19H22N6O2. The molecule has 3 aromatic rings. The third-order valence-corrected chi connectivity index (χ3v) is 5.03. The molecule has 0 aliphatic carbocycles. The van der Waals surface area contributed by atoms with Crippen LogP contribution < -0.4 is 11.1 Å². The van der Waals surface area contributed by atoms with E-state index in [2.05, 4.69) is 15.0 Å². The van der Waals surface area contributed by atoms with Gasteiger partial charge in [0.05, 0.1) is 6.54 Å². The number of hydrogen-bond donors (Lipinski definition) is 0. The van der Waals surface area contributed by atoms with Gasteiger partial charge in [-0.2, -0.15) is 5.10 Å². The van der Waals surface area contributed by atoms with Crippen LogP contribution >= 0.6 is 0 Å². The Kier molecular flexibility index (Phi) is 4.97. The molecule has 1 fully saturated rings. The number of imidazole rings is 1. The summed E-state index contributed by atoms with van der Waals surface area (Å²) >= 11 is 0. The molecule has 1 saturated heterocycles. The van der Waals surface area contributed by atoms with E-state index in [1.54, 1.807) is 52.1 Å². The Labute approximate surface area is 156 Å². The molecule has 3 aromatic heterocycles. The topological polar surface area (TPSA) is 78.0 Å². The average molecular weight is 366 g/mol. The maximum Gasteiger partial charge on any atom is 0.266 e. The standard InChI is InChI=1S/C19H22N6O2/c26-18-5-1-2-9-23(18)13-12-22-10-3-4-16(22)14-25-19(27)7-6-17(21-25)24-11-8-20-15-24/h1-2,5-9,11,15-16H,3-4,10,12-14H2. The van der Waals surface area contributed by atoms with E-state index in [1.807, 2.05) is 12.3 Å². The summed E-state index contributed by atoms with van der Waals surface area (Å²) in [6, 6.07) is 8.69. The van der Waals surface area contributed by atoms with Crippen LogP contribution in [-0.2, 0) is 13.1 Å². The Morgan fingerprint density at radius 1 is 1.04 bits per heavy atom. The first-order valence-corrected chi connectivity index (χ1v) is 9.17. The Hall–Kier alpha value is -3.00. The summed E-state index contributed by atoms with van der Waals surface area (Å²) in [5.41, 5.74) is -0.0934. The second kappa shape index (κ2) is 7.71. The molecule has 27 heavy (non-hydrogen) atoms. The van der Waals surface area contributed by atoms with Gasteiger partial charge in [-0.3, -0.25) is 19.1 Å². The molecule has 1 atom stereocenters. The summed E-state index contributed by atoms with van der Waals surface area (Å²) in [5, 5.41) is 4.49. The molecule has 0 spiro atoms. The van der Waals surface area contributed by atoms with Crippen LogP contribution in [0.2, 0.25) is 0 Å². The molecule has 140 valence electrons. The molecule has 8 nitrogen and oxygen atoms in total. The van der Waals surface area contributed by atoms with Crippen molar-refractivity contribution in [2.75, 3.05) is 13.1 Å². The van der Waals surface area contributed by atoms with Crippen LogP contribution in [0.15, 0.2) is 64.8 Å². The maximum absolute atomic E-state index is 12.3. The summed E-state index contributed by atoms with van der Waals surface area (Å²) < 4.78 is 5.04. The van der Waals surface area contributed by atoms with Gasteiger partial charge in [0.1, 0.15) is 6.33 Å². The van der Waals surface area contributed by atoms with E-state index in [9.17, 15) is 9.59 Å². The summed E-state index contributed by atoms with van der Waals surface area (Å²) in [5.74, 6) is 0.674. The van der Waals surface area contributed by atoms with Crippen LogP contribution in [-0.4, -0.2) is 47.9 Å². The quantitative estimate of drug-likeness (QED) is 0.644. The first-order chi connectivity index (χ1) is 13.2. The smallest absolute Gasteiger partial charge is 0.266 e. The minimum atomic E-state index is -0.106. The minimum absolute atomic E-state index is 0.0131. The third-order valence-electron chi connectivity index (χ3n) is 5.03. The molecule has 4 heterocycles. The predicted octanol–water partition coefficient (Wildman–Crippen LogP) is 0.755. The third kappa shape index (κ3) is 3.90. The van der Waals surface area contributed by atoms with Gasteiger partial charge in [0, 0.05) is 49.9 Å². The Bertz CT molecular complexity index is 1010. The molecule has 4 rings (SSSR count). The Morgan fingerprint density at radius 3 is 2.78 bits per heavy atom. The zero-order valence-electron chi connectivity index (χ0n) is 15.0. The lowest BCUT2D eigenvalue weighted by Crippen LogP contribution is -2.39. The van der Waals surface area contributed by atoms with Gasteiger partial charge < -0.3 is 4.57 Å². The lowest BCUT2D eigenvalue weighted by atomic mass is 10.2. The van der Waals surface area contributed by atoms with E-state index in [1.165, 1.54) is 4.68 Å². The van der Waals surface area contributed by atoms with Crippen LogP contribution in [0.25, 0.3) is 5.82 Å². The van der Waals surface area contributed by atoms with Gasteiger partial charge in [0.25, 0.3) is 11.1 Å². The summed E-state index contributed by atoms with van der Waals surface area (Å²) in [6.45, 7) is 2.95. The number of pyridine rings is 1. The largest absolute Gasteiger partial charge is 0.314 e. The second-order valence-corrected chi connectivity index (χ2v) is 6.75. The van der Waals surface area contributed by atoms with Crippen molar-refractivity contribution in [1.29, 1.82) is 0 Å². The van der Waals surface area contributed by atoms with Gasteiger partial charge in [-0.05, 0) is 31.5 Å². The van der Waals surface area contributed by atoms with Gasteiger partial charge in [0.2, 0.25) is 0 Å². The highest BCUT2D eigenvalue weighted by molar-refractivity contribution is 5.19. The SMILES string of the molecule is O=c1ccccn1CCN1CCCC1Cn1nc(-n2ccnc2)ccc1=O. The summed E-state index contributed by atoms with van der Waals surface area (Å²) in [4.78, 5) is 30.5. The molecule has 1 unspecified atom stereocenters. The first kappa shape index (κ1) is 17.4. The molecule has 0 aromatic carbocycles. The van der Waals surface area contributed by atoms with Crippen molar-refractivity contribution in [2.45, 2.75) is 32.0 Å². The normalized spacial score (nSPS) is 17.4. The minimum Gasteiger partial charge on any atom is -0.314 e. The van der Waals surface area contributed by atoms with Gasteiger partial charge in [0.15, 0.2) is 5.82 Å². The fraction of sp³-hybridized carbons (Fsp3) is 0.368. The average Bonchev–Trinajstić information content (AvgIpc) is 3.35. The fourth-order valence-corrected chi connectivity index (χ4v) is 3.58. The number of rotatable bonds is 6. The highest BCUT2D eigenvalue weighted by Gasteiger charge is 2.25. The van der Waals surface area contributed by atoms with E-state index >= 15 is 0 Å². The van der Waals surface area contributed by atoms with Crippen molar-refractivity contribution in [3.8, 4) is 5.82 Å². The van der Waals surface area contributed by atoms with E-state index in [-0.39, 0.29) is 17.2 Å². The number of likely N-dealkylation sites (tertiary alicyclic amines) is 1. The van der Waals surface area contributed by atoms with Gasteiger partial charge in [-0.1, -0.05) is 6.07 Å². The molecule has 8 heteroatoms. The Morgan fingerprint density at radius 2 is 1.96 bits per heavy atom. The van der Waals surface area contributed by atoms with Crippen LogP contribution in [0.3, 0.4) is 0 Å². The van der Waals surface area contributed by atoms with Gasteiger partial charge in [-0.25, -0.2) is 9.67 Å². The van der Waals surface area contributed by atoms with E-state index in [0.717, 1.165) is 25.9 Å². The highest BCUT2D eigenvalue weighted by Crippen LogP contribution is 2.18. The van der Waals surface area contributed by atoms with Crippen molar-refractivity contribution in [2.24, 2.45) is 0 Å². The monoisotopic (exact) mass is 366 g/mol. The molecule has 0 saturated carbocycles. The lowest BCUT2D eigenvalue weighted by molar-refractivity contribution is 0.216. The van der Waals surface area contributed by atoms with Crippen molar-refractivity contribution in [1.82, 2.24) is 28.8 Å². The predicted molar refractivity (Wildman–Crippen MR) is 101 cm³/mol. The van der Waals surface area contributed by atoms with Crippen molar-refractivity contribution in [3.05, 3.63) is 76.0 Å². The Balaban J connectivity index is 1.47. The summed E-state index contributed by atoms with van der Waals surface area (Å²) in [6.07, 6.45) is 9.07. The molecule has 1 aliphatic rings. The molecule has 0 bridgehead atoms. The van der Waals surface area contributed by atoms with Crippen molar-refractivity contribution in [3.63, 3.8) is 0 Å². The first-order valence-electron chi connectivity index (χ1n) is 9.17. The van der Waals surface area contributed by atoms with Crippen LogP contribution in [0.5, 0.6) is 0 Å². The lowest BCUT2D eigenvalue weighted by Gasteiger charge is -2.25. The molecule has 1 aliphatic heterocycles. The molecule has 0 amide bonds. The fourth-order valence-electron chi connectivity index (χ4n) is 3.58. The van der Waals surface area contributed by atoms with Crippen LogP contribution in [0.4, 0.5) is 0 Å². The van der Waals surface area contributed by atoms with E-state index < -0.39 is 0 Å². The molecule has 0 N–H and O–H groups in total. The van der Waals surface area contributed by atoms with Gasteiger partial charge >= 0.3 is 0 Å². The zero-order valence-corrected chi connectivity index (χ0v) is 15.0. The van der Waals surface area contributed by atoms with Crippen molar-refractivity contribution >= 4 is 0 Å². The van der Waals surface area contributed by atoms with Gasteiger partial charge in [-0.15, -0.1) is 0 Å². The zero-order chi connectivity index (χ0) is 18.6. The van der Waals surface area contributed by atoms with E-state index in [4.69, 9.17) is 0 Å². The molecular weight excluding hydrogens is 344 g/mol. The second-order valence-electron chi connectivity index (χ2n) is 6.75. The number of hydrogen-bond acceptors (Lipinski definition) is 5. The van der Waals surface area contributed by atoms with Crippen LogP contribution in [0, 0.1) is 0 Å². The molecule has 0 radical (unpaired) electrons. The highest BCUT2D eigenvalue weighted by atomic mass is 16.1. The summed E-state index contributed by atoms with van der Waals surface area (Å²) in [7, 11) is 0. The van der Waals surface area contributed by atoms with Crippen molar-refractivity contribution < 1.29 is 0 Å². The maximum atomic E-state index is 12.3. The number of aromatic nitrogens is 5.